The van der Waals surface area contributed by atoms with E-state index < -0.39 is 82.8 Å². The average Bonchev–Trinajstić information content (AvgIpc) is 3.41. The maximum atomic E-state index is 13.7. The molecule has 2 heterocycles. The van der Waals surface area contributed by atoms with E-state index in [0.717, 1.165) is 5.56 Å². The molecule has 306 valence electrons. The lowest BCUT2D eigenvalue weighted by atomic mass is 9.93. The molecule has 1 aromatic heterocycles. The number of carbonyl (C=O) groups excluding carboxylic acids is 5. The van der Waals surface area contributed by atoms with Gasteiger partial charge in [0.05, 0.1) is 27.4 Å². The second kappa shape index (κ2) is 17.3. The predicted molar refractivity (Wildman–Crippen MR) is 204 cm³/mol. The molecule has 0 amide bonds. The van der Waals surface area contributed by atoms with Crippen molar-refractivity contribution in [3.8, 4) is 5.88 Å². The second-order valence-electron chi connectivity index (χ2n) is 18.5. The molecule has 1 saturated heterocycles. The summed E-state index contributed by atoms with van der Waals surface area (Å²) >= 11 is 0. The van der Waals surface area contributed by atoms with Crippen molar-refractivity contribution < 1.29 is 52.4 Å². The van der Waals surface area contributed by atoms with Crippen molar-refractivity contribution in [3.05, 3.63) is 47.2 Å². The van der Waals surface area contributed by atoms with Gasteiger partial charge in [-0.25, -0.2) is 4.68 Å². The standard InChI is InChI=1S/C42H62N2O11/c1-16-28(45)44-29(24(2)3)26(22-25-20-18-17-19-21-25)33(43-44)55-34-32(54-38(49)42(13,14)15)31(53-37(48)41(10,11)12)30(52-36(47)40(7,8)9)27(51-34)23-50-35(46)39(4,5)6/h17-21,24,27,30-32,34H,16,22-23H2,1-15H3/t27-,30-,31+,32-,34+/m1/s1. The summed E-state index contributed by atoms with van der Waals surface area (Å²) < 4.78 is 38.5. The summed E-state index contributed by atoms with van der Waals surface area (Å²) in [6.45, 7) is 25.1. The topological polar surface area (TPSA) is 159 Å². The quantitative estimate of drug-likeness (QED) is 0.167. The van der Waals surface area contributed by atoms with Gasteiger partial charge in [0.1, 0.15) is 12.7 Å². The Balaban J connectivity index is 2.34. The van der Waals surface area contributed by atoms with Gasteiger partial charge in [-0.05, 0) is 94.6 Å². The SMILES string of the molecule is CCC(=O)n1nc(O[C@@H]2O[C@H](COC(=O)C(C)(C)C)[C@@H](OC(=O)C(C)(C)C)[C@H](OC(=O)C(C)(C)C)[C@H]2OC(=O)C(C)(C)C)c(Cc2ccccc2)c1C(C)C. The van der Waals surface area contributed by atoms with Crippen molar-refractivity contribution in [1.29, 1.82) is 0 Å². The van der Waals surface area contributed by atoms with Crippen LogP contribution in [-0.4, -0.2) is 76.9 Å². The molecule has 5 atom stereocenters. The van der Waals surface area contributed by atoms with E-state index in [2.05, 4.69) is 5.10 Å². The molecule has 3 rings (SSSR count). The summed E-state index contributed by atoms with van der Waals surface area (Å²) in [5, 5.41) is 4.66. The number of hydrogen-bond donors (Lipinski definition) is 0. The smallest absolute Gasteiger partial charge is 0.311 e. The maximum absolute atomic E-state index is 13.7. The summed E-state index contributed by atoms with van der Waals surface area (Å²) in [4.78, 5) is 67.4. The minimum Gasteiger partial charge on any atom is -0.462 e. The molecule has 0 bridgehead atoms. The largest absolute Gasteiger partial charge is 0.462 e. The highest BCUT2D eigenvalue weighted by molar-refractivity contribution is 5.80. The molecule has 13 heteroatoms. The van der Waals surface area contributed by atoms with Crippen molar-refractivity contribution in [1.82, 2.24) is 9.78 Å². The minimum absolute atomic E-state index is 0.0210. The highest BCUT2D eigenvalue weighted by atomic mass is 16.7. The molecule has 0 spiro atoms. The Morgan fingerprint density at radius 1 is 0.709 bits per heavy atom. The number of nitrogens with zero attached hydrogens (tertiary/aromatic N) is 2. The van der Waals surface area contributed by atoms with Crippen LogP contribution < -0.4 is 4.74 Å². The highest BCUT2D eigenvalue weighted by Gasteiger charge is 2.56. The number of aromatic nitrogens is 2. The molecule has 0 saturated carbocycles. The Hall–Kier alpha value is -4.26. The lowest BCUT2D eigenvalue weighted by molar-refractivity contribution is -0.294. The van der Waals surface area contributed by atoms with Crippen molar-refractivity contribution in [2.75, 3.05) is 6.61 Å². The molecule has 0 N–H and O–H groups in total. The first-order valence-corrected chi connectivity index (χ1v) is 19.0. The van der Waals surface area contributed by atoms with Crippen LogP contribution in [0.25, 0.3) is 0 Å². The molecular weight excluding hydrogens is 708 g/mol. The normalized spacial score (nSPS) is 20.8. The zero-order valence-electron chi connectivity index (χ0n) is 35.4. The molecule has 1 aromatic carbocycles. The number of benzene rings is 1. The van der Waals surface area contributed by atoms with Gasteiger partial charge in [-0.1, -0.05) is 51.1 Å². The molecule has 55 heavy (non-hydrogen) atoms. The summed E-state index contributed by atoms with van der Waals surface area (Å²) in [7, 11) is 0. The van der Waals surface area contributed by atoms with Crippen LogP contribution in [0.2, 0.25) is 0 Å². The fourth-order valence-corrected chi connectivity index (χ4v) is 5.33. The van der Waals surface area contributed by atoms with E-state index in [1.807, 2.05) is 44.2 Å². The molecule has 0 unspecified atom stereocenters. The second-order valence-corrected chi connectivity index (χ2v) is 18.5. The third kappa shape index (κ3) is 11.6. The van der Waals surface area contributed by atoms with E-state index in [9.17, 15) is 24.0 Å². The van der Waals surface area contributed by atoms with E-state index in [1.54, 1.807) is 90.0 Å². The summed E-state index contributed by atoms with van der Waals surface area (Å²) in [5.74, 6) is -3.05. The van der Waals surface area contributed by atoms with E-state index >= 15 is 0 Å². The third-order valence-corrected chi connectivity index (χ3v) is 8.67. The molecule has 1 aliphatic rings. The van der Waals surface area contributed by atoms with E-state index in [-0.39, 0.29) is 24.1 Å². The van der Waals surface area contributed by atoms with Crippen LogP contribution in [-0.2, 0) is 49.3 Å². The maximum Gasteiger partial charge on any atom is 0.311 e. The molecule has 1 aliphatic heterocycles. The van der Waals surface area contributed by atoms with Gasteiger partial charge >= 0.3 is 23.9 Å². The fourth-order valence-electron chi connectivity index (χ4n) is 5.33. The van der Waals surface area contributed by atoms with Crippen LogP contribution in [0.4, 0.5) is 0 Å². The molecule has 2 aromatic rings. The van der Waals surface area contributed by atoms with Gasteiger partial charge in [0, 0.05) is 18.4 Å². The van der Waals surface area contributed by atoms with Crippen LogP contribution in [0.1, 0.15) is 138 Å². The number of ether oxygens (including phenoxy) is 6. The molecule has 13 nitrogen and oxygen atoms in total. The van der Waals surface area contributed by atoms with E-state index in [4.69, 9.17) is 28.4 Å². The van der Waals surface area contributed by atoms with Gasteiger partial charge in [0.15, 0.2) is 12.2 Å². The first-order chi connectivity index (χ1) is 25.2. The van der Waals surface area contributed by atoms with Gasteiger partial charge in [-0.3, -0.25) is 24.0 Å². The first-order valence-electron chi connectivity index (χ1n) is 19.0. The predicted octanol–water partition coefficient (Wildman–Crippen LogP) is 7.21. The van der Waals surface area contributed by atoms with Crippen LogP contribution in [0.15, 0.2) is 30.3 Å². The number of carbonyl (C=O) groups is 5. The summed E-state index contributed by atoms with van der Waals surface area (Å²) in [5.41, 5.74) is -1.89. The van der Waals surface area contributed by atoms with Crippen molar-refractivity contribution in [2.24, 2.45) is 21.7 Å². The molecular formula is C42H62N2O11. The van der Waals surface area contributed by atoms with Crippen molar-refractivity contribution >= 4 is 29.8 Å². The molecule has 0 radical (unpaired) electrons. The summed E-state index contributed by atoms with van der Waals surface area (Å²) in [6, 6.07) is 9.57. The zero-order valence-corrected chi connectivity index (χ0v) is 35.4. The first kappa shape index (κ1) is 45.1. The Labute approximate surface area is 326 Å². The van der Waals surface area contributed by atoms with Crippen molar-refractivity contribution in [3.63, 3.8) is 0 Å². The Morgan fingerprint density at radius 2 is 1.18 bits per heavy atom. The Kier molecular flexibility index (Phi) is 14.2. The number of hydrogen-bond acceptors (Lipinski definition) is 12. The number of rotatable bonds is 11. The monoisotopic (exact) mass is 770 g/mol. The minimum atomic E-state index is -1.57. The van der Waals surface area contributed by atoms with Gasteiger partial charge in [-0.2, -0.15) is 0 Å². The van der Waals surface area contributed by atoms with Crippen LogP contribution in [0.5, 0.6) is 5.88 Å². The highest BCUT2D eigenvalue weighted by Crippen LogP contribution is 2.37. The van der Waals surface area contributed by atoms with Gasteiger partial charge in [0.25, 0.3) is 0 Å². The van der Waals surface area contributed by atoms with Gasteiger partial charge < -0.3 is 28.4 Å². The number of esters is 4. The zero-order chi connectivity index (χ0) is 41.8. The lowest BCUT2D eigenvalue weighted by Gasteiger charge is -2.45. The Bertz CT molecular complexity index is 1680. The van der Waals surface area contributed by atoms with Gasteiger partial charge in [0.2, 0.25) is 24.2 Å². The van der Waals surface area contributed by atoms with Crippen molar-refractivity contribution in [2.45, 2.75) is 153 Å². The van der Waals surface area contributed by atoms with Gasteiger partial charge in [-0.15, -0.1) is 5.10 Å². The third-order valence-electron chi connectivity index (χ3n) is 8.67. The van der Waals surface area contributed by atoms with Crippen LogP contribution in [0, 0.1) is 21.7 Å². The van der Waals surface area contributed by atoms with E-state index in [0.29, 0.717) is 17.7 Å². The van der Waals surface area contributed by atoms with E-state index in [1.165, 1.54) is 4.68 Å². The molecule has 0 aliphatic carbocycles. The van der Waals surface area contributed by atoms with Crippen LogP contribution in [0.3, 0.4) is 0 Å². The Morgan fingerprint density at radius 3 is 1.64 bits per heavy atom. The fraction of sp³-hybridized carbons (Fsp3) is 0.667. The average molecular weight is 771 g/mol. The summed E-state index contributed by atoms with van der Waals surface area (Å²) in [6.07, 6.45) is -6.86. The molecule has 1 fully saturated rings. The lowest BCUT2D eigenvalue weighted by Crippen LogP contribution is -2.65. The van der Waals surface area contributed by atoms with Crippen LogP contribution >= 0.6 is 0 Å².